The van der Waals surface area contributed by atoms with Crippen LogP contribution in [0.4, 0.5) is 30.2 Å². The van der Waals surface area contributed by atoms with Crippen LogP contribution >= 0.6 is 11.6 Å². The number of nitro benzene ring substituents is 1. The van der Waals surface area contributed by atoms with Crippen LogP contribution in [0.3, 0.4) is 0 Å². The smallest absolute Gasteiger partial charge is 0.378 e. The third-order valence-corrected chi connectivity index (χ3v) is 3.79. The van der Waals surface area contributed by atoms with E-state index in [0.717, 1.165) is 30.3 Å². The van der Waals surface area contributed by atoms with Gasteiger partial charge < -0.3 is 10.2 Å². The van der Waals surface area contributed by atoms with Gasteiger partial charge in [-0.1, -0.05) is 11.6 Å². The first-order valence-corrected chi connectivity index (χ1v) is 7.52. The fourth-order valence-electron chi connectivity index (χ4n) is 2.15. The average Bonchev–Trinajstić information content (AvgIpc) is 2.53. The fraction of sp³-hybridized carbons (Fsp3) is 0.188. The summed E-state index contributed by atoms with van der Waals surface area (Å²) in [7, 11) is 3.18. The van der Waals surface area contributed by atoms with Crippen molar-refractivity contribution < 1.29 is 22.9 Å². The van der Waals surface area contributed by atoms with Crippen molar-refractivity contribution in [1.29, 1.82) is 0 Å². The van der Waals surface area contributed by atoms with Crippen LogP contribution in [0.15, 0.2) is 36.4 Å². The van der Waals surface area contributed by atoms with Gasteiger partial charge in [-0.25, -0.2) is 0 Å². The molecule has 10 heteroatoms. The summed E-state index contributed by atoms with van der Waals surface area (Å²) < 4.78 is 39.9. The summed E-state index contributed by atoms with van der Waals surface area (Å²) in [5.41, 5.74) is -1.67. The summed E-state index contributed by atoms with van der Waals surface area (Å²) in [4.78, 5) is 23.8. The van der Waals surface area contributed by atoms with Gasteiger partial charge in [-0.2, -0.15) is 13.2 Å². The highest BCUT2D eigenvalue weighted by Crippen LogP contribution is 2.37. The van der Waals surface area contributed by atoms with E-state index in [1.807, 2.05) is 0 Å². The Morgan fingerprint density at radius 2 is 1.85 bits per heavy atom. The lowest BCUT2D eigenvalue weighted by Gasteiger charge is -2.19. The van der Waals surface area contributed by atoms with Crippen molar-refractivity contribution in [3.05, 3.63) is 62.7 Å². The zero-order chi connectivity index (χ0) is 19.6. The Balaban J connectivity index is 2.39. The number of carbonyl (C=O) groups is 1. The number of alkyl halides is 3. The number of nitrogens with one attached hydrogen (secondary N) is 1. The second kappa shape index (κ2) is 7.20. The molecule has 0 aliphatic rings. The first kappa shape index (κ1) is 19.5. The molecule has 1 amide bonds. The molecule has 0 bridgehead atoms. The molecule has 26 heavy (non-hydrogen) atoms. The van der Waals surface area contributed by atoms with Gasteiger partial charge >= 0.3 is 6.18 Å². The van der Waals surface area contributed by atoms with E-state index in [-0.39, 0.29) is 16.3 Å². The Hall–Kier alpha value is -2.81. The van der Waals surface area contributed by atoms with Gasteiger partial charge in [0.15, 0.2) is 0 Å². The number of anilines is 2. The number of nitrogens with zero attached hydrogens (tertiary/aromatic N) is 2. The van der Waals surface area contributed by atoms with Crippen molar-refractivity contribution >= 4 is 34.6 Å². The Labute approximate surface area is 151 Å². The molecule has 0 fully saturated rings. The molecule has 138 valence electrons. The first-order valence-electron chi connectivity index (χ1n) is 7.14. The Bertz CT molecular complexity index is 870. The molecule has 0 heterocycles. The van der Waals surface area contributed by atoms with Crippen molar-refractivity contribution in [3.63, 3.8) is 0 Å². The highest BCUT2D eigenvalue weighted by atomic mass is 35.5. The molecule has 0 spiro atoms. The monoisotopic (exact) mass is 387 g/mol. The normalized spacial score (nSPS) is 11.2. The number of rotatable bonds is 4. The number of amides is 1. The second-order valence-corrected chi connectivity index (χ2v) is 5.90. The molecule has 0 unspecified atom stereocenters. The van der Waals surface area contributed by atoms with Crippen molar-refractivity contribution in [2.45, 2.75) is 6.18 Å². The third kappa shape index (κ3) is 4.23. The molecule has 0 saturated heterocycles. The van der Waals surface area contributed by atoms with Gasteiger partial charge in [-0.05, 0) is 24.3 Å². The maximum absolute atomic E-state index is 13.3. The average molecular weight is 388 g/mol. The quantitative estimate of drug-likeness (QED) is 0.615. The molecule has 0 aliphatic carbocycles. The molecule has 2 aromatic rings. The lowest BCUT2D eigenvalue weighted by atomic mass is 10.1. The van der Waals surface area contributed by atoms with Crippen LogP contribution in [0.5, 0.6) is 0 Å². The second-order valence-electron chi connectivity index (χ2n) is 5.50. The Kier molecular flexibility index (Phi) is 5.41. The predicted octanol–water partition coefficient (Wildman–Crippen LogP) is 4.59. The van der Waals surface area contributed by atoms with Gasteiger partial charge in [0.25, 0.3) is 11.6 Å². The SMILES string of the molecule is CN(C)c1ccc(NC(=O)c2ccc([N+](=O)[O-])cc2Cl)c(C(F)(F)F)c1. The van der Waals surface area contributed by atoms with Crippen molar-refractivity contribution in [2.24, 2.45) is 0 Å². The summed E-state index contributed by atoms with van der Waals surface area (Å²) in [6.07, 6.45) is -4.69. The molecular formula is C16H13ClF3N3O3. The molecule has 0 aliphatic heterocycles. The van der Waals surface area contributed by atoms with Crippen LogP contribution in [0.25, 0.3) is 0 Å². The minimum absolute atomic E-state index is 0.179. The zero-order valence-corrected chi connectivity index (χ0v) is 14.4. The molecule has 2 rings (SSSR count). The number of hydrogen-bond donors (Lipinski definition) is 1. The molecule has 0 atom stereocenters. The predicted molar refractivity (Wildman–Crippen MR) is 91.8 cm³/mol. The van der Waals surface area contributed by atoms with E-state index in [1.54, 1.807) is 14.1 Å². The number of benzene rings is 2. The first-order chi connectivity index (χ1) is 12.0. The largest absolute Gasteiger partial charge is 0.418 e. The van der Waals surface area contributed by atoms with Crippen LogP contribution in [-0.4, -0.2) is 24.9 Å². The molecular weight excluding hydrogens is 375 g/mol. The van der Waals surface area contributed by atoms with Crippen LogP contribution in [0.2, 0.25) is 5.02 Å². The number of halogens is 4. The summed E-state index contributed by atoms with van der Waals surface area (Å²) in [6.45, 7) is 0. The van der Waals surface area contributed by atoms with Crippen LogP contribution in [0, 0.1) is 10.1 Å². The maximum atomic E-state index is 13.3. The summed E-state index contributed by atoms with van der Waals surface area (Å²) in [5, 5.41) is 12.6. The van der Waals surface area contributed by atoms with Crippen LogP contribution in [-0.2, 0) is 6.18 Å². The van der Waals surface area contributed by atoms with Crippen molar-refractivity contribution in [1.82, 2.24) is 0 Å². The summed E-state index contributed by atoms with van der Waals surface area (Å²) in [5.74, 6) is -0.909. The molecule has 0 radical (unpaired) electrons. The zero-order valence-electron chi connectivity index (χ0n) is 13.6. The van der Waals surface area contributed by atoms with E-state index in [0.29, 0.717) is 5.69 Å². The topological polar surface area (TPSA) is 75.5 Å². The van der Waals surface area contributed by atoms with Gasteiger partial charge in [0, 0.05) is 31.9 Å². The Morgan fingerprint density at radius 1 is 1.19 bits per heavy atom. The molecule has 0 saturated carbocycles. The number of carbonyl (C=O) groups excluding carboxylic acids is 1. The Morgan fingerprint density at radius 3 is 2.35 bits per heavy atom. The van der Waals surface area contributed by atoms with E-state index in [9.17, 15) is 28.1 Å². The molecule has 6 nitrogen and oxygen atoms in total. The van der Waals surface area contributed by atoms with E-state index < -0.39 is 28.3 Å². The highest BCUT2D eigenvalue weighted by molar-refractivity contribution is 6.34. The maximum Gasteiger partial charge on any atom is 0.418 e. The minimum atomic E-state index is -4.69. The number of hydrogen-bond acceptors (Lipinski definition) is 4. The highest BCUT2D eigenvalue weighted by Gasteiger charge is 2.34. The van der Waals surface area contributed by atoms with Gasteiger partial charge in [-0.3, -0.25) is 14.9 Å². The van der Waals surface area contributed by atoms with Crippen molar-refractivity contribution in [3.8, 4) is 0 Å². The third-order valence-electron chi connectivity index (χ3n) is 3.48. The van der Waals surface area contributed by atoms with Crippen LogP contribution in [0.1, 0.15) is 15.9 Å². The van der Waals surface area contributed by atoms with E-state index in [4.69, 9.17) is 11.6 Å². The molecule has 1 N–H and O–H groups in total. The summed E-state index contributed by atoms with van der Waals surface area (Å²) >= 11 is 5.84. The van der Waals surface area contributed by atoms with E-state index in [1.165, 1.54) is 11.0 Å². The fourth-order valence-corrected chi connectivity index (χ4v) is 2.41. The van der Waals surface area contributed by atoms with Gasteiger partial charge in [0.1, 0.15) is 0 Å². The van der Waals surface area contributed by atoms with Crippen molar-refractivity contribution in [2.75, 3.05) is 24.3 Å². The van der Waals surface area contributed by atoms with Gasteiger partial charge in [0.05, 0.1) is 26.8 Å². The number of nitro groups is 1. The molecule has 0 aromatic heterocycles. The number of non-ortho nitro benzene ring substituents is 1. The lowest BCUT2D eigenvalue weighted by molar-refractivity contribution is -0.384. The molecule has 2 aromatic carbocycles. The van der Waals surface area contributed by atoms with Gasteiger partial charge in [-0.15, -0.1) is 0 Å². The minimum Gasteiger partial charge on any atom is -0.378 e. The van der Waals surface area contributed by atoms with E-state index >= 15 is 0 Å². The summed E-state index contributed by atoms with van der Waals surface area (Å²) in [6, 6.07) is 6.54. The van der Waals surface area contributed by atoms with Crippen LogP contribution < -0.4 is 10.2 Å². The van der Waals surface area contributed by atoms with E-state index in [2.05, 4.69) is 5.32 Å². The standard InChI is InChI=1S/C16H13ClF3N3O3/c1-22(2)9-4-6-14(12(7-9)16(18,19)20)21-15(24)11-5-3-10(23(25)26)8-13(11)17/h3-8H,1-2H3,(H,21,24). The lowest BCUT2D eigenvalue weighted by Crippen LogP contribution is -2.18. The van der Waals surface area contributed by atoms with Gasteiger partial charge in [0.2, 0.25) is 0 Å².